The van der Waals surface area contributed by atoms with E-state index in [1.165, 1.54) is 5.56 Å². The van der Waals surface area contributed by atoms with Crippen molar-refractivity contribution in [2.24, 2.45) is 0 Å². The van der Waals surface area contributed by atoms with Gasteiger partial charge in [-0.05, 0) is 25.3 Å². The summed E-state index contributed by atoms with van der Waals surface area (Å²) in [6, 6.07) is 16.6. The third-order valence-electron chi connectivity index (χ3n) is 4.93. The molecule has 0 unspecified atom stereocenters. The van der Waals surface area contributed by atoms with Gasteiger partial charge in [-0.15, -0.1) is 0 Å². The highest BCUT2D eigenvalue weighted by atomic mass is 16.4. The zero-order valence-electron chi connectivity index (χ0n) is 15.5. The van der Waals surface area contributed by atoms with E-state index in [0.717, 1.165) is 12.8 Å². The van der Waals surface area contributed by atoms with Crippen LogP contribution in [0.2, 0.25) is 0 Å². The number of hydrogen-bond acceptors (Lipinski definition) is 4. The number of benzene rings is 2. The number of furan rings is 1. The van der Waals surface area contributed by atoms with E-state index in [9.17, 15) is 14.4 Å². The van der Waals surface area contributed by atoms with Crippen molar-refractivity contribution >= 4 is 17.5 Å². The van der Waals surface area contributed by atoms with Gasteiger partial charge in [0.2, 0.25) is 5.78 Å². The Morgan fingerprint density at radius 2 is 1.57 bits per heavy atom. The number of carbonyl (C=O) groups excluding carboxylic acids is 3. The molecule has 5 nitrogen and oxygen atoms in total. The van der Waals surface area contributed by atoms with Crippen molar-refractivity contribution in [3.63, 3.8) is 0 Å². The SMILES string of the molecule is Cc1oc2c(c1C(=O)NCCCc1ccccc1)C(=O)c1ccccc1C2=O. The van der Waals surface area contributed by atoms with Gasteiger partial charge in [-0.2, -0.15) is 0 Å². The molecule has 5 heteroatoms. The number of nitrogens with one attached hydrogen (secondary N) is 1. The first kappa shape index (κ1) is 17.9. The van der Waals surface area contributed by atoms with Gasteiger partial charge in [-0.25, -0.2) is 0 Å². The Hall–Kier alpha value is -3.47. The molecule has 0 spiro atoms. The van der Waals surface area contributed by atoms with Gasteiger partial charge in [-0.3, -0.25) is 14.4 Å². The topological polar surface area (TPSA) is 76.4 Å². The summed E-state index contributed by atoms with van der Waals surface area (Å²) in [4.78, 5) is 38.3. The maximum absolute atomic E-state index is 12.9. The molecule has 4 rings (SSSR count). The molecule has 1 aliphatic carbocycles. The number of hydrogen-bond donors (Lipinski definition) is 1. The minimum absolute atomic E-state index is 0.0457. The second-order valence-electron chi connectivity index (χ2n) is 6.79. The van der Waals surface area contributed by atoms with Crippen molar-refractivity contribution in [1.29, 1.82) is 0 Å². The summed E-state index contributed by atoms with van der Waals surface area (Å²) in [7, 11) is 0. The summed E-state index contributed by atoms with van der Waals surface area (Å²) in [5.74, 6) is -0.875. The number of fused-ring (bicyclic) bond motifs is 2. The minimum Gasteiger partial charge on any atom is -0.456 e. The lowest BCUT2D eigenvalue weighted by Gasteiger charge is -2.13. The smallest absolute Gasteiger partial charge is 0.255 e. The Balaban J connectivity index is 1.53. The Morgan fingerprint density at radius 1 is 0.929 bits per heavy atom. The van der Waals surface area contributed by atoms with E-state index in [4.69, 9.17) is 4.42 Å². The quantitative estimate of drug-likeness (QED) is 0.541. The van der Waals surface area contributed by atoms with E-state index in [0.29, 0.717) is 17.7 Å². The van der Waals surface area contributed by atoms with Crippen LogP contribution in [0.4, 0.5) is 0 Å². The molecule has 0 fully saturated rings. The van der Waals surface area contributed by atoms with Crippen LogP contribution in [0, 0.1) is 6.92 Å². The fraction of sp³-hybridized carbons (Fsp3) is 0.174. The van der Waals surface area contributed by atoms with Gasteiger partial charge in [0.15, 0.2) is 11.5 Å². The van der Waals surface area contributed by atoms with Gasteiger partial charge in [0.25, 0.3) is 5.91 Å². The molecule has 0 bridgehead atoms. The summed E-state index contributed by atoms with van der Waals surface area (Å²) in [6.45, 7) is 2.06. The molecule has 1 amide bonds. The first-order valence-corrected chi connectivity index (χ1v) is 9.22. The Morgan fingerprint density at radius 3 is 2.29 bits per heavy atom. The highest BCUT2D eigenvalue weighted by Gasteiger charge is 2.38. The van der Waals surface area contributed by atoms with Crippen molar-refractivity contribution in [2.45, 2.75) is 19.8 Å². The van der Waals surface area contributed by atoms with Crippen LogP contribution >= 0.6 is 0 Å². The molecule has 0 radical (unpaired) electrons. The molecule has 28 heavy (non-hydrogen) atoms. The standard InChI is InChI=1S/C23H19NO4/c1-14-18(23(27)24-13-7-10-15-8-3-2-4-9-15)19-20(25)16-11-5-6-12-17(16)21(26)22(19)28-14/h2-6,8-9,11-12H,7,10,13H2,1H3,(H,24,27). The minimum atomic E-state index is -0.393. The average molecular weight is 373 g/mol. The van der Waals surface area contributed by atoms with Crippen molar-refractivity contribution in [3.8, 4) is 0 Å². The van der Waals surface area contributed by atoms with Crippen LogP contribution in [0.5, 0.6) is 0 Å². The van der Waals surface area contributed by atoms with E-state index in [-0.39, 0.29) is 34.2 Å². The molecular formula is C23H19NO4. The van der Waals surface area contributed by atoms with Gasteiger partial charge in [-0.1, -0.05) is 54.6 Å². The lowest BCUT2D eigenvalue weighted by atomic mass is 9.86. The van der Waals surface area contributed by atoms with Crippen LogP contribution in [0.3, 0.4) is 0 Å². The first-order valence-electron chi connectivity index (χ1n) is 9.22. The predicted molar refractivity (Wildman–Crippen MR) is 104 cm³/mol. The fourth-order valence-electron chi connectivity index (χ4n) is 3.56. The highest BCUT2D eigenvalue weighted by Crippen LogP contribution is 2.33. The van der Waals surface area contributed by atoms with Crippen LogP contribution < -0.4 is 5.32 Å². The third-order valence-corrected chi connectivity index (χ3v) is 4.93. The molecular weight excluding hydrogens is 354 g/mol. The molecule has 1 aliphatic rings. The Labute approximate surface area is 162 Å². The Bertz CT molecular complexity index is 1080. The molecule has 0 atom stereocenters. The lowest BCUT2D eigenvalue weighted by Crippen LogP contribution is -2.28. The molecule has 1 N–H and O–H groups in total. The monoisotopic (exact) mass is 373 g/mol. The molecule has 140 valence electrons. The number of carbonyl (C=O) groups is 3. The molecule has 1 heterocycles. The van der Waals surface area contributed by atoms with E-state index >= 15 is 0 Å². The van der Waals surface area contributed by atoms with E-state index < -0.39 is 5.91 Å². The van der Waals surface area contributed by atoms with Crippen molar-refractivity contribution < 1.29 is 18.8 Å². The summed E-state index contributed by atoms with van der Waals surface area (Å²) in [5, 5.41) is 2.84. The largest absolute Gasteiger partial charge is 0.456 e. The van der Waals surface area contributed by atoms with Crippen LogP contribution in [-0.2, 0) is 6.42 Å². The van der Waals surface area contributed by atoms with Crippen LogP contribution in [0.25, 0.3) is 0 Å². The maximum atomic E-state index is 12.9. The van der Waals surface area contributed by atoms with Gasteiger partial charge >= 0.3 is 0 Å². The van der Waals surface area contributed by atoms with Gasteiger partial charge in [0.1, 0.15) is 5.76 Å². The highest BCUT2D eigenvalue weighted by molar-refractivity contribution is 6.30. The second-order valence-corrected chi connectivity index (χ2v) is 6.79. The second kappa shape index (κ2) is 7.27. The van der Waals surface area contributed by atoms with E-state index in [2.05, 4.69) is 5.32 Å². The zero-order valence-corrected chi connectivity index (χ0v) is 15.5. The van der Waals surface area contributed by atoms with Gasteiger partial charge in [0, 0.05) is 17.7 Å². The van der Waals surface area contributed by atoms with E-state index in [1.807, 2.05) is 30.3 Å². The average Bonchev–Trinajstić information content (AvgIpc) is 3.07. The van der Waals surface area contributed by atoms with Crippen LogP contribution in [-0.4, -0.2) is 24.0 Å². The van der Waals surface area contributed by atoms with Gasteiger partial charge in [0.05, 0.1) is 11.1 Å². The van der Waals surface area contributed by atoms with Crippen molar-refractivity contribution in [2.75, 3.05) is 6.54 Å². The normalized spacial score (nSPS) is 12.5. The number of ketones is 2. The molecule has 0 saturated heterocycles. The number of amides is 1. The summed E-state index contributed by atoms with van der Waals surface area (Å²) < 4.78 is 5.54. The van der Waals surface area contributed by atoms with Gasteiger partial charge < -0.3 is 9.73 Å². The summed E-state index contributed by atoms with van der Waals surface area (Å²) in [6.07, 6.45) is 1.61. The molecule has 0 saturated carbocycles. The molecule has 2 aromatic carbocycles. The third kappa shape index (κ3) is 3.05. The summed E-state index contributed by atoms with van der Waals surface area (Å²) >= 11 is 0. The lowest BCUT2D eigenvalue weighted by molar-refractivity contribution is 0.0938. The van der Waals surface area contributed by atoms with E-state index in [1.54, 1.807) is 31.2 Å². The van der Waals surface area contributed by atoms with Crippen LogP contribution in [0.15, 0.2) is 59.0 Å². The number of rotatable bonds is 5. The number of aryl methyl sites for hydroxylation is 2. The fourth-order valence-corrected chi connectivity index (χ4v) is 3.56. The van der Waals surface area contributed by atoms with Crippen LogP contribution in [0.1, 0.15) is 60.1 Å². The van der Waals surface area contributed by atoms with Crippen molar-refractivity contribution in [3.05, 3.63) is 93.9 Å². The molecule has 0 aliphatic heterocycles. The summed E-state index contributed by atoms with van der Waals surface area (Å²) in [5.41, 5.74) is 2.04. The molecule has 1 aromatic heterocycles. The predicted octanol–water partition coefficient (Wildman–Crippen LogP) is 3.73. The molecule has 3 aromatic rings. The maximum Gasteiger partial charge on any atom is 0.255 e. The first-order chi connectivity index (χ1) is 13.6. The zero-order chi connectivity index (χ0) is 19.7. The Kier molecular flexibility index (Phi) is 4.65. The van der Waals surface area contributed by atoms with Crippen molar-refractivity contribution in [1.82, 2.24) is 5.32 Å².